The predicted octanol–water partition coefficient (Wildman–Crippen LogP) is 2.00. The van der Waals surface area contributed by atoms with Gasteiger partial charge >= 0.3 is 0 Å². The molecule has 0 aliphatic rings. The Hall–Kier alpha value is -1.93. The van der Waals surface area contributed by atoms with Crippen LogP contribution in [0.3, 0.4) is 0 Å². The predicted molar refractivity (Wildman–Crippen MR) is 75.4 cm³/mol. The average molecular weight is 277 g/mol. The fraction of sp³-hybridized carbons (Fsp3) is 0.467. The third kappa shape index (κ3) is 4.32. The highest BCUT2D eigenvalue weighted by molar-refractivity contribution is 5.78. The lowest BCUT2D eigenvalue weighted by molar-refractivity contribution is -0.131. The molecule has 0 bridgehead atoms. The third-order valence-corrected chi connectivity index (χ3v) is 3.13. The Kier molecular flexibility index (Phi) is 6.13. The maximum Gasteiger partial charge on any atom is 0.236 e. The van der Waals surface area contributed by atoms with Crippen LogP contribution in [0, 0.1) is 17.1 Å². The molecule has 5 heteroatoms. The van der Waals surface area contributed by atoms with E-state index >= 15 is 0 Å². The number of nitrogens with zero attached hydrogens (tertiary/aromatic N) is 3. The number of nitriles is 1. The first kappa shape index (κ1) is 16.1. The second kappa shape index (κ2) is 7.61. The zero-order chi connectivity index (χ0) is 15.1. The van der Waals surface area contributed by atoms with Crippen molar-refractivity contribution in [2.24, 2.45) is 0 Å². The van der Waals surface area contributed by atoms with Crippen molar-refractivity contribution in [3.63, 3.8) is 0 Å². The van der Waals surface area contributed by atoms with E-state index in [-0.39, 0.29) is 11.5 Å². The molecule has 0 atom stereocenters. The molecular formula is C15H20FN3O. The minimum atomic E-state index is -0.516. The monoisotopic (exact) mass is 277 g/mol. The molecule has 0 N–H and O–H groups in total. The standard InChI is InChI=1S/C15H20FN3O/c1-4-19(5-2)15(20)11-18(3)10-12-6-7-14(16)13(8-12)9-17/h6-8H,4-5,10-11H2,1-3H3. The van der Waals surface area contributed by atoms with Crippen molar-refractivity contribution >= 4 is 5.91 Å². The van der Waals surface area contributed by atoms with Gasteiger partial charge in [-0.3, -0.25) is 9.69 Å². The van der Waals surface area contributed by atoms with Crippen molar-refractivity contribution in [1.82, 2.24) is 9.80 Å². The molecule has 0 fully saturated rings. The van der Waals surface area contributed by atoms with Crippen molar-refractivity contribution < 1.29 is 9.18 Å². The summed E-state index contributed by atoms with van der Waals surface area (Å²) in [6, 6.07) is 6.26. The summed E-state index contributed by atoms with van der Waals surface area (Å²) in [4.78, 5) is 15.6. The number of amides is 1. The molecule has 1 aromatic carbocycles. The Bertz CT molecular complexity index is 506. The molecule has 0 spiro atoms. The van der Waals surface area contributed by atoms with E-state index in [2.05, 4.69) is 0 Å². The smallest absolute Gasteiger partial charge is 0.236 e. The van der Waals surface area contributed by atoms with Gasteiger partial charge in [-0.05, 0) is 38.6 Å². The molecular weight excluding hydrogens is 257 g/mol. The van der Waals surface area contributed by atoms with Gasteiger partial charge in [-0.25, -0.2) is 4.39 Å². The molecule has 0 saturated carbocycles. The Morgan fingerprint density at radius 1 is 1.35 bits per heavy atom. The van der Waals surface area contributed by atoms with Crippen molar-refractivity contribution in [2.45, 2.75) is 20.4 Å². The minimum absolute atomic E-state index is 0.0333. The highest BCUT2D eigenvalue weighted by Crippen LogP contribution is 2.11. The molecule has 4 nitrogen and oxygen atoms in total. The van der Waals surface area contributed by atoms with E-state index < -0.39 is 5.82 Å². The van der Waals surface area contributed by atoms with Gasteiger partial charge in [0.1, 0.15) is 11.9 Å². The summed E-state index contributed by atoms with van der Waals surface area (Å²) in [5.74, 6) is -0.446. The fourth-order valence-electron chi connectivity index (χ4n) is 2.03. The SMILES string of the molecule is CCN(CC)C(=O)CN(C)Cc1ccc(F)c(C#N)c1. The molecule has 0 heterocycles. The van der Waals surface area contributed by atoms with E-state index in [1.54, 1.807) is 11.0 Å². The third-order valence-electron chi connectivity index (χ3n) is 3.13. The number of halogens is 1. The van der Waals surface area contributed by atoms with Gasteiger partial charge in [0.15, 0.2) is 0 Å². The van der Waals surface area contributed by atoms with Crippen LogP contribution in [-0.4, -0.2) is 42.4 Å². The highest BCUT2D eigenvalue weighted by Gasteiger charge is 2.13. The molecule has 0 radical (unpaired) electrons. The normalized spacial score (nSPS) is 10.4. The van der Waals surface area contributed by atoms with E-state index in [0.717, 1.165) is 5.56 Å². The second-order valence-electron chi connectivity index (χ2n) is 4.66. The van der Waals surface area contributed by atoms with Crippen molar-refractivity contribution in [3.8, 4) is 6.07 Å². The molecule has 0 aromatic heterocycles. The maximum atomic E-state index is 13.2. The first-order valence-electron chi connectivity index (χ1n) is 6.66. The van der Waals surface area contributed by atoms with Gasteiger partial charge in [0.25, 0.3) is 0 Å². The van der Waals surface area contributed by atoms with Crippen LogP contribution in [0.2, 0.25) is 0 Å². The Morgan fingerprint density at radius 3 is 2.55 bits per heavy atom. The van der Waals surface area contributed by atoms with E-state index in [0.29, 0.717) is 26.2 Å². The second-order valence-corrected chi connectivity index (χ2v) is 4.66. The largest absolute Gasteiger partial charge is 0.342 e. The van der Waals surface area contributed by atoms with Crippen LogP contribution in [0.25, 0.3) is 0 Å². The van der Waals surface area contributed by atoms with E-state index in [1.165, 1.54) is 12.1 Å². The zero-order valence-electron chi connectivity index (χ0n) is 12.2. The van der Waals surface area contributed by atoms with Gasteiger partial charge in [0.05, 0.1) is 12.1 Å². The molecule has 0 aliphatic heterocycles. The molecule has 0 aliphatic carbocycles. The first-order valence-corrected chi connectivity index (χ1v) is 6.66. The molecule has 0 saturated heterocycles. The fourth-order valence-corrected chi connectivity index (χ4v) is 2.03. The molecule has 108 valence electrons. The van der Waals surface area contributed by atoms with Crippen LogP contribution in [0.15, 0.2) is 18.2 Å². The van der Waals surface area contributed by atoms with Gasteiger partial charge in [-0.1, -0.05) is 6.07 Å². The summed E-state index contributed by atoms with van der Waals surface area (Å²) in [6.45, 7) is 6.08. The summed E-state index contributed by atoms with van der Waals surface area (Å²) in [7, 11) is 1.83. The molecule has 0 unspecified atom stereocenters. The van der Waals surface area contributed by atoms with E-state index in [1.807, 2.05) is 31.9 Å². The molecule has 20 heavy (non-hydrogen) atoms. The number of benzene rings is 1. The van der Waals surface area contributed by atoms with Gasteiger partial charge in [-0.15, -0.1) is 0 Å². The van der Waals surface area contributed by atoms with E-state index in [4.69, 9.17) is 5.26 Å². The Balaban J connectivity index is 2.65. The topological polar surface area (TPSA) is 47.3 Å². The number of likely N-dealkylation sites (N-methyl/N-ethyl adjacent to an activating group) is 2. The van der Waals surface area contributed by atoms with Crippen molar-refractivity contribution in [2.75, 3.05) is 26.7 Å². The van der Waals surface area contributed by atoms with Crippen LogP contribution in [0.1, 0.15) is 25.0 Å². The summed E-state index contributed by atoms with van der Waals surface area (Å²) in [6.07, 6.45) is 0. The summed E-state index contributed by atoms with van der Waals surface area (Å²) in [5.41, 5.74) is 0.851. The van der Waals surface area contributed by atoms with E-state index in [9.17, 15) is 9.18 Å². The van der Waals surface area contributed by atoms with Crippen LogP contribution < -0.4 is 0 Å². The van der Waals surface area contributed by atoms with Crippen LogP contribution >= 0.6 is 0 Å². The number of carbonyl (C=O) groups excluding carboxylic acids is 1. The lowest BCUT2D eigenvalue weighted by atomic mass is 10.1. The van der Waals surface area contributed by atoms with Gasteiger partial charge in [0, 0.05) is 19.6 Å². The van der Waals surface area contributed by atoms with Gasteiger partial charge in [-0.2, -0.15) is 5.26 Å². The lowest BCUT2D eigenvalue weighted by Crippen LogP contribution is -2.38. The van der Waals surface area contributed by atoms with Crippen LogP contribution in [0.5, 0.6) is 0 Å². The van der Waals surface area contributed by atoms with Crippen molar-refractivity contribution in [1.29, 1.82) is 5.26 Å². The van der Waals surface area contributed by atoms with Crippen LogP contribution in [-0.2, 0) is 11.3 Å². The number of rotatable bonds is 6. The maximum absolute atomic E-state index is 13.2. The average Bonchev–Trinajstić information content (AvgIpc) is 2.42. The molecule has 1 amide bonds. The number of carbonyl (C=O) groups is 1. The van der Waals surface area contributed by atoms with Gasteiger partial charge < -0.3 is 4.90 Å². The Morgan fingerprint density at radius 2 is 2.00 bits per heavy atom. The Labute approximate surface area is 119 Å². The molecule has 1 rings (SSSR count). The summed E-state index contributed by atoms with van der Waals surface area (Å²) >= 11 is 0. The van der Waals surface area contributed by atoms with Crippen molar-refractivity contribution in [3.05, 3.63) is 35.1 Å². The van der Waals surface area contributed by atoms with Gasteiger partial charge in [0.2, 0.25) is 5.91 Å². The first-order chi connectivity index (χ1) is 9.51. The highest BCUT2D eigenvalue weighted by atomic mass is 19.1. The number of hydrogen-bond donors (Lipinski definition) is 0. The lowest BCUT2D eigenvalue weighted by Gasteiger charge is -2.23. The summed E-state index contributed by atoms with van der Waals surface area (Å²) in [5, 5.41) is 8.79. The zero-order valence-corrected chi connectivity index (χ0v) is 12.2. The number of hydrogen-bond acceptors (Lipinski definition) is 3. The minimum Gasteiger partial charge on any atom is -0.342 e. The quantitative estimate of drug-likeness (QED) is 0.799. The molecule has 1 aromatic rings. The van der Waals surface area contributed by atoms with Crippen LogP contribution in [0.4, 0.5) is 4.39 Å². The summed E-state index contributed by atoms with van der Waals surface area (Å²) < 4.78 is 13.2.